The first-order chi connectivity index (χ1) is 11.7. The third-order valence-corrected chi connectivity index (χ3v) is 4.48. The van der Waals surface area contributed by atoms with Crippen LogP contribution in [0.4, 0.5) is 0 Å². The highest BCUT2D eigenvalue weighted by Gasteiger charge is 2.21. The van der Waals surface area contributed by atoms with Gasteiger partial charge >= 0.3 is 0 Å². The Hall–Kier alpha value is -1.88. The van der Waals surface area contributed by atoms with E-state index in [9.17, 15) is 4.79 Å². The minimum atomic E-state index is -0.131. The van der Waals surface area contributed by atoms with Gasteiger partial charge in [-0.15, -0.1) is 0 Å². The number of ether oxygens (including phenoxy) is 1. The highest BCUT2D eigenvalue weighted by molar-refractivity contribution is 6.33. The Morgan fingerprint density at radius 3 is 2.71 bits per heavy atom. The fraction of sp³-hybridized carbons (Fsp3) is 0.316. The molecule has 4 nitrogen and oxygen atoms in total. The molecule has 0 saturated carbocycles. The Labute approximate surface area is 147 Å². The summed E-state index contributed by atoms with van der Waals surface area (Å²) in [5.74, 6) is -0.131. The molecule has 0 aliphatic carbocycles. The molecule has 1 atom stereocenters. The number of nitrogens with zero attached hydrogens (tertiary/aromatic N) is 1. The zero-order valence-corrected chi connectivity index (χ0v) is 14.2. The first kappa shape index (κ1) is 17.0. The molecular formula is C19H21ClN2O2. The number of morpholine rings is 1. The maximum absolute atomic E-state index is 12.2. The first-order valence-corrected chi connectivity index (χ1v) is 8.53. The Balaban J connectivity index is 1.48. The number of carbonyl (C=O) groups is 1. The summed E-state index contributed by atoms with van der Waals surface area (Å²) >= 11 is 6.05. The molecule has 0 bridgehead atoms. The van der Waals surface area contributed by atoms with Gasteiger partial charge in [0.25, 0.3) is 5.91 Å². The van der Waals surface area contributed by atoms with E-state index in [-0.39, 0.29) is 12.0 Å². The summed E-state index contributed by atoms with van der Waals surface area (Å²) in [5, 5.41) is 3.41. The van der Waals surface area contributed by atoms with Crippen molar-refractivity contribution in [2.75, 3.05) is 32.8 Å². The van der Waals surface area contributed by atoms with Crippen molar-refractivity contribution in [3.05, 3.63) is 70.7 Å². The Morgan fingerprint density at radius 1 is 1.17 bits per heavy atom. The molecule has 2 aromatic rings. The number of carbonyl (C=O) groups excluding carboxylic acids is 1. The third-order valence-electron chi connectivity index (χ3n) is 4.15. The van der Waals surface area contributed by atoms with Gasteiger partial charge in [0.1, 0.15) is 0 Å². The molecule has 5 heteroatoms. The van der Waals surface area contributed by atoms with Crippen molar-refractivity contribution in [2.24, 2.45) is 0 Å². The Kier molecular flexibility index (Phi) is 5.86. The maximum Gasteiger partial charge on any atom is 0.252 e. The van der Waals surface area contributed by atoms with Gasteiger partial charge in [-0.25, -0.2) is 0 Å². The number of nitrogens with one attached hydrogen (secondary N) is 1. The molecule has 126 valence electrons. The van der Waals surface area contributed by atoms with E-state index in [1.807, 2.05) is 30.3 Å². The SMILES string of the molecule is O=C(NCCN1CCO[C@H](c2ccccc2)C1)c1ccccc1Cl. The van der Waals surface area contributed by atoms with Gasteiger partial charge in [0, 0.05) is 26.2 Å². The minimum absolute atomic E-state index is 0.0965. The van der Waals surface area contributed by atoms with E-state index >= 15 is 0 Å². The zero-order chi connectivity index (χ0) is 16.8. The van der Waals surface area contributed by atoms with E-state index in [0.29, 0.717) is 23.7 Å². The normalized spacial score (nSPS) is 18.3. The lowest BCUT2D eigenvalue weighted by molar-refractivity contribution is -0.0293. The molecule has 24 heavy (non-hydrogen) atoms. The van der Waals surface area contributed by atoms with Crippen LogP contribution in [-0.2, 0) is 4.74 Å². The van der Waals surface area contributed by atoms with E-state index < -0.39 is 0 Å². The summed E-state index contributed by atoms with van der Waals surface area (Å²) in [5.41, 5.74) is 1.71. The van der Waals surface area contributed by atoms with Crippen molar-refractivity contribution >= 4 is 17.5 Å². The fourth-order valence-electron chi connectivity index (χ4n) is 2.84. The molecule has 1 amide bonds. The predicted octanol–water partition coefficient (Wildman–Crippen LogP) is 3.14. The first-order valence-electron chi connectivity index (χ1n) is 8.15. The molecule has 0 unspecified atom stereocenters. The zero-order valence-electron chi connectivity index (χ0n) is 13.5. The van der Waals surface area contributed by atoms with Crippen LogP contribution in [0.5, 0.6) is 0 Å². The van der Waals surface area contributed by atoms with E-state index in [2.05, 4.69) is 22.3 Å². The molecule has 1 saturated heterocycles. The molecule has 3 rings (SSSR count). The van der Waals surface area contributed by atoms with Crippen LogP contribution in [0, 0.1) is 0 Å². The van der Waals surface area contributed by atoms with Gasteiger partial charge in [0.15, 0.2) is 0 Å². The lowest BCUT2D eigenvalue weighted by Gasteiger charge is -2.33. The van der Waals surface area contributed by atoms with Crippen molar-refractivity contribution in [1.82, 2.24) is 10.2 Å². The maximum atomic E-state index is 12.2. The van der Waals surface area contributed by atoms with Gasteiger partial charge in [0.05, 0.1) is 23.3 Å². The van der Waals surface area contributed by atoms with Crippen LogP contribution in [0.15, 0.2) is 54.6 Å². The molecule has 0 radical (unpaired) electrons. The van der Waals surface area contributed by atoms with Gasteiger partial charge in [-0.05, 0) is 17.7 Å². The Bertz CT molecular complexity index is 678. The van der Waals surface area contributed by atoms with E-state index in [1.165, 1.54) is 5.56 Å². The van der Waals surface area contributed by atoms with Crippen LogP contribution in [0.3, 0.4) is 0 Å². The molecule has 2 aromatic carbocycles. The average Bonchev–Trinajstić information content (AvgIpc) is 2.63. The summed E-state index contributed by atoms with van der Waals surface area (Å²) in [4.78, 5) is 14.5. The fourth-order valence-corrected chi connectivity index (χ4v) is 3.06. The molecule has 1 heterocycles. The minimum Gasteiger partial charge on any atom is -0.371 e. The Morgan fingerprint density at radius 2 is 1.92 bits per heavy atom. The highest BCUT2D eigenvalue weighted by atomic mass is 35.5. The average molecular weight is 345 g/mol. The highest BCUT2D eigenvalue weighted by Crippen LogP contribution is 2.21. The molecule has 1 N–H and O–H groups in total. The molecule has 0 aromatic heterocycles. The predicted molar refractivity (Wildman–Crippen MR) is 95.4 cm³/mol. The van der Waals surface area contributed by atoms with E-state index in [4.69, 9.17) is 16.3 Å². The largest absolute Gasteiger partial charge is 0.371 e. The summed E-state index contributed by atoms with van der Waals surface area (Å²) < 4.78 is 5.86. The summed E-state index contributed by atoms with van der Waals surface area (Å²) in [7, 11) is 0. The van der Waals surface area contributed by atoms with Crippen LogP contribution < -0.4 is 5.32 Å². The van der Waals surface area contributed by atoms with Crippen molar-refractivity contribution in [1.29, 1.82) is 0 Å². The van der Waals surface area contributed by atoms with Crippen molar-refractivity contribution in [3.63, 3.8) is 0 Å². The third kappa shape index (κ3) is 4.35. The van der Waals surface area contributed by atoms with Crippen LogP contribution >= 0.6 is 11.6 Å². The quantitative estimate of drug-likeness (QED) is 0.906. The lowest BCUT2D eigenvalue weighted by Crippen LogP contribution is -2.42. The van der Waals surface area contributed by atoms with Crippen LogP contribution in [0.1, 0.15) is 22.0 Å². The monoisotopic (exact) mass is 344 g/mol. The molecular weight excluding hydrogens is 324 g/mol. The number of hydrogen-bond acceptors (Lipinski definition) is 3. The second kappa shape index (κ2) is 8.29. The summed E-state index contributed by atoms with van der Waals surface area (Å²) in [6.07, 6.45) is 0.0965. The van der Waals surface area contributed by atoms with Crippen LogP contribution in [0.2, 0.25) is 5.02 Å². The number of rotatable bonds is 5. The topological polar surface area (TPSA) is 41.6 Å². The molecule has 0 spiro atoms. The van der Waals surface area contributed by atoms with Crippen molar-refractivity contribution in [2.45, 2.75) is 6.10 Å². The summed E-state index contributed by atoms with van der Waals surface area (Å²) in [6, 6.07) is 17.3. The van der Waals surface area contributed by atoms with Gasteiger partial charge in [-0.1, -0.05) is 54.1 Å². The summed E-state index contributed by atoms with van der Waals surface area (Å²) in [6.45, 7) is 3.81. The number of hydrogen-bond donors (Lipinski definition) is 1. The van der Waals surface area contributed by atoms with Crippen molar-refractivity contribution in [3.8, 4) is 0 Å². The van der Waals surface area contributed by atoms with Crippen molar-refractivity contribution < 1.29 is 9.53 Å². The smallest absolute Gasteiger partial charge is 0.252 e. The number of benzene rings is 2. The lowest BCUT2D eigenvalue weighted by atomic mass is 10.1. The van der Waals surface area contributed by atoms with E-state index in [1.54, 1.807) is 12.1 Å². The van der Waals surface area contributed by atoms with E-state index in [0.717, 1.165) is 19.6 Å². The van der Waals surface area contributed by atoms with Gasteiger partial charge in [-0.2, -0.15) is 0 Å². The van der Waals surface area contributed by atoms with Gasteiger partial charge < -0.3 is 10.1 Å². The second-order valence-corrected chi connectivity index (χ2v) is 6.21. The van der Waals surface area contributed by atoms with Gasteiger partial charge in [0.2, 0.25) is 0 Å². The second-order valence-electron chi connectivity index (χ2n) is 5.81. The standard InChI is InChI=1S/C19H21ClN2O2/c20-17-9-5-4-8-16(17)19(23)21-10-11-22-12-13-24-18(14-22)15-6-2-1-3-7-15/h1-9,18H,10-14H2,(H,21,23)/t18-/m0/s1. The number of halogens is 1. The number of amides is 1. The van der Waals surface area contributed by atoms with Crippen LogP contribution in [0.25, 0.3) is 0 Å². The molecule has 1 fully saturated rings. The molecule has 1 aliphatic heterocycles. The molecule has 1 aliphatic rings. The van der Waals surface area contributed by atoms with Gasteiger partial charge in [-0.3, -0.25) is 9.69 Å². The van der Waals surface area contributed by atoms with Crippen LogP contribution in [-0.4, -0.2) is 43.6 Å².